The molecule has 0 saturated heterocycles. The molecular formula is C13H23N3O2S. The van der Waals surface area contributed by atoms with Crippen LogP contribution in [-0.4, -0.2) is 24.4 Å². The zero-order chi connectivity index (χ0) is 13.9. The highest BCUT2D eigenvalue weighted by atomic mass is 32.2. The van der Waals surface area contributed by atoms with Gasteiger partial charge in [0.15, 0.2) is 5.03 Å². The van der Waals surface area contributed by atoms with Crippen LogP contribution in [0.15, 0.2) is 11.2 Å². The van der Waals surface area contributed by atoms with E-state index in [0.717, 1.165) is 25.7 Å². The third-order valence-corrected chi connectivity index (χ3v) is 5.24. The highest BCUT2D eigenvalue weighted by Gasteiger charge is 2.24. The van der Waals surface area contributed by atoms with Gasteiger partial charge >= 0.3 is 0 Å². The summed E-state index contributed by atoms with van der Waals surface area (Å²) in [6.45, 7) is 4.18. The van der Waals surface area contributed by atoms with Gasteiger partial charge in [-0.3, -0.25) is 0 Å². The van der Waals surface area contributed by atoms with Crippen molar-refractivity contribution in [2.24, 2.45) is 5.92 Å². The molecule has 5 nitrogen and oxygen atoms in total. The molecule has 0 aromatic carbocycles. The van der Waals surface area contributed by atoms with E-state index in [-0.39, 0.29) is 11.1 Å². The minimum atomic E-state index is -3.45. The van der Waals surface area contributed by atoms with Crippen molar-refractivity contribution in [3.8, 4) is 0 Å². The van der Waals surface area contributed by atoms with E-state index in [9.17, 15) is 8.42 Å². The first-order valence-electron chi connectivity index (χ1n) is 7.07. The molecule has 6 heteroatoms. The number of aromatic amines is 1. The first-order valence-corrected chi connectivity index (χ1v) is 8.55. The van der Waals surface area contributed by atoms with E-state index < -0.39 is 10.0 Å². The number of sulfonamides is 1. The molecule has 1 aromatic heterocycles. The number of aryl methyl sites for hydroxylation is 1. The number of hydrogen-bond donors (Lipinski definition) is 2. The number of imidazole rings is 1. The van der Waals surface area contributed by atoms with Crippen LogP contribution < -0.4 is 4.72 Å². The molecule has 2 N–H and O–H groups in total. The molecule has 1 fully saturated rings. The predicted octanol–water partition coefficient (Wildman–Crippen LogP) is 2.22. The fourth-order valence-corrected chi connectivity index (χ4v) is 3.79. The summed E-state index contributed by atoms with van der Waals surface area (Å²) in [5.41, 5.74) is 0. The Bertz CT molecular complexity index is 510. The van der Waals surface area contributed by atoms with Crippen LogP contribution in [0.2, 0.25) is 0 Å². The summed E-state index contributed by atoms with van der Waals surface area (Å²) in [6, 6.07) is 0.0586. The Morgan fingerprint density at radius 2 is 2.16 bits per heavy atom. The number of nitrogens with one attached hydrogen (secondary N) is 2. The molecule has 1 heterocycles. The van der Waals surface area contributed by atoms with Crippen molar-refractivity contribution in [2.45, 2.75) is 63.4 Å². The van der Waals surface area contributed by atoms with E-state index in [1.54, 1.807) is 0 Å². The van der Waals surface area contributed by atoms with Crippen molar-refractivity contribution in [3.05, 3.63) is 12.0 Å². The van der Waals surface area contributed by atoms with Gasteiger partial charge in [0.1, 0.15) is 5.82 Å². The molecule has 2 rings (SSSR count). The molecule has 19 heavy (non-hydrogen) atoms. The fraction of sp³-hybridized carbons (Fsp3) is 0.769. The number of rotatable bonds is 4. The lowest BCUT2D eigenvalue weighted by molar-refractivity contribution is 0.484. The zero-order valence-electron chi connectivity index (χ0n) is 11.6. The van der Waals surface area contributed by atoms with Crippen LogP contribution in [-0.2, 0) is 16.4 Å². The van der Waals surface area contributed by atoms with Crippen LogP contribution in [0.1, 0.15) is 51.8 Å². The fourth-order valence-electron chi connectivity index (χ4n) is 2.55. The molecule has 1 aliphatic rings. The van der Waals surface area contributed by atoms with Gasteiger partial charge in [-0.25, -0.2) is 18.1 Å². The van der Waals surface area contributed by atoms with Gasteiger partial charge in [0.2, 0.25) is 0 Å². The van der Waals surface area contributed by atoms with Crippen LogP contribution in [0.4, 0.5) is 0 Å². The minimum absolute atomic E-state index is 0.0586. The summed E-state index contributed by atoms with van der Waals surface area (Å²) in [5.74, 6) is 1.41. The molecule has 1 aromatic rings. The summed E-state index contributed by atoms with van der Waals surface area (Å²) in [6.07, 6.45) is 7.35. The normalized spacial score (nSPS) is 25.2. The van der Waals surface area contributed by atoms with E-state index in [2.05, 4.69) is 21.6 Å². The second-order valence-corrected chi connectivity index (χ2v) is 7.16. The molecular weight excluding hydrogens is 262 g/mol. The Kier molecular flexibility index (Phi) is 4.62. The third-order valence-electron chi connectivity index (χ3n) is 3.81. The number of aromatic nitrogens is 2. The van der Waals surface area contributed by atoms with Gasteiger partial charge in [-0.05, 0) is 25.2 Å². The quantitative estimate of drug-likeness (QED) is 0.833. The minimum Gasteiger partial charge on any atom is -0.332 e. The van der Waals surface area contributed by atoms with Crippen LogP contribution in [0.5, 0.6) is 0 Å². The number of H-pyrrole nitrogens is 1. The SMILES string of the molecule is CCc1ncc(S(=O)(=O)NC2CCCC(C)CC2)[nH]1. The first-order chi connectivity index (χ1) is 9.01. The van der Waals surface area contributed by atoms with Crippen molar-refractivity contribution >= 4 is 10.0 Å². The highest BCUT2D eigenvalue weighted by molar-refractivity contribution is 7.89. The average molecular weight is 285 g/mol. The Morgan fingerprint density at radius 3 is 2.84 bits per heavy atom. The summed E-state index contributed by atoms with van der Waals surface area (Å²) in [4.78, 5) is 6.91. The van der Waals surface area contributed by atoms with Crippen molar-refractivity contribution in [2.75, 3.05) is 0 Å². The van der Waals surface area contributed by atoms with E-state index >= 15 is 0 Å². The summed E-state index contributed by atoms with van der Waals surface area (Å²) in [5, 5.41) is 0.182. The van der Waals surface area contributed by atoms with E-state index in [1.165, 1.54) is 12.6 Å². The average Bonchev–Trinajstić information content (AvgIpc) is 2.77. The van der Waals surface area contributed by atoms with Gasteiger partial charge in [-0.15, -0.1) is 0 Å². The molecule has 0 radical (unpaired) electrons. The summed E-state index contributed by atoms with van der Waals surface area (Å²) >= 11 is 0. The lowest BCUT2D eigenvalue weighted by atomic mass is 10.0. The number of nitrogens with zero attached hydrogens (tertiary/aromatic N) is 1. The van der Waals surface area contributed by atoms with Crippen molar-refractivity contribution < 1.29 is 8.42 Å². The van der Waals surface area contributed by atoms with Gasteiger partial charge in [0.05, 0.1) is 6.20 Å². The number of hydrogen-bond acceptors (Lipinski definition) is 3. The van der Waals surface area contributed by atoms with E-state index in [4.69, 9.17) is 0 Å². The Morgan fingerprint density at radius 1 is 1.37 bits per heavy atom. The maximum absolute atomic E-state index is 12.2. The molecule has 0 spiro atoms. The van der Waals surface area contributed by atoms with E-state index in [1.807, 2.05) is 6.92 Å². The van der Waals surface area contributed by atoms with Crippen LogP contribution in [0, 0.1) is 5.92 Å². The smallest absolute Gasteiger partial charge is 0.257 e. The molecule has 1 saturated carbocycles. The van der Waals surface area contributed by atoms with Gasteiger partial charge in [-0.2, -0.15) is 0 Å². The molecule has 2 unspecified atom stereocenters. The monoisotopic (exact) mass is 285 g/mol. The molecule has 2 atom stereocenters. The van der Waals surface area contributed by atoms with Gasteiger partial charge in [0.25, 0.3) is 10.0 Å². The van der Waals surface area contributed by atoms with Crippen LogP contribution in [0.25, 0.3) is 0 Å². The largest absolute Gasteiger partial charge is 0.332 e. The summed E-state index contributed by atoms with van der Waals surface area (Å²) in [7, 11) is -3.45. The first kappa shape index (κ1) is 14.5. The standard InChI is InChI=1S/C13H23N3O2S/c1-3-12-14-9-13(15-12)19(17,18)16-11-6-4-5-10(2)7-8-11/h9-11,16H,3-8H2,1-2H3,(H,14,15). The molecule has 0 bridgehead atoms. The Balaban J connectivity index is 2.04. The van der Waals surface area contributed by atoms with Gasteiger partial charge in [-0.1, -0.05) is 26.7 Å². The van der Waals surface area contributed by atoms with Crippen molar-refractivity contribution in [1.29, 1.82) is 0 Å². The maximum atomic E-state index is 12.2. The zero-order valence-corrected chi connectivity index (χ0v) is 12.5. The van der Waals surface area contributed by atoms with Gasteiger partial charge in [0, 0.05) is 12.5 Å². The molecule has 0 amide bonds. The third kappa shape index (κ3) is 3.79. The Hall–Kier alpha value is -0.880. The molecule has 108 valence electrons. The lowest BCUT2D eigenvalue weighted by Crippen LogP contribution is -2.34. The van der Waals surface area contributed by atoms with E-state index in [0.29, 0.717) is 18.2 Å². The van der Waals surface area contributed by atoms with Crippen LogP contribution >= 0.6 is 0 Å². The molecule has 1 aliphatic carbocycles. The highest BCUT2D eigenvalue weighted by Crippen LogP contribution is 2.23. The second-order valence-electron chi connectivity index (χ2n) is 5.48. The predicted molar refractivity (Wildman–Crippen MR) is 74.3 cm³/mol. The van der Waals surface area contributed by atoms with Gasteiger partial charge < -0.3 is 4.98 Å². The lowest BCUT2D eigenvalue weighted by Gasteiger charge is -2.15. The summed E-state index contributed by atoms with van der Waals surface area (Å²) < 4.78 is 27.3. The Labute approximate surface area is 115 Å². The van der Waals surface area contributed by atoms with Crippen LogP contribution in [0.3, 0.4) is 0 Å². The van der Waals surface area contributed by atoms with Crippen molar-refractivity contribution in [3.63, 3.8) is 0 Å². The maximum Gasteiger partial charge on any atom is 0.257 e. The topological polar surface area (TPSA) is 74.8 Å². The molecule has 0 aliphatic heterocycles. The van der Waals surface area contributed by atoms with Crippen molar-refractivity contribution in [1.82, 2.24) is 14.7 Å². The second kappa shape index (κ2) is 6.05.